The van der Waals surface area contributed by atoms with Gasteiger partial charge in [0.15, 0.2) is 0 Å². The van der Waals surface area contributed by atoms with E-state index in [4.69, 9.17) is 4.74 Å². The third kappa shape index (κ3) is 4.51. The Morgan fingerprint density at radius 2 is 2.11 bits per heavy atom. The van der Waals surface area contributed by atoms with E-state index >= 15 is 0 Å². The van der Waals surface area contributed by atoms with Crippen LogP contribution in [0, 0.1) is 0 Å². The van der Waals surface area contributed by atoms with E-state index in [0.29, 0.717) is 18.9 Å². The maximum absolute atomic E-state index is 14.7. The lowest BCUT2D eigenvalue weighted by atomic mass is 10.0. The van der Waals surface area contributed by atoms with Crippen LogP contribution in [-0.2, 0) is 4.74 Å². The van der Waals surface area contributed by atoms with Gasteiger partial charge in [0.1, 0.15) is 23.1 Å². The molecule has 2 aromatic rings. The molecular weight excluding hydrogens is 363 g/mol. The Bertz CT molecular complexity index is 833. The highest BCUT2D eigenvalue weighted by atomic mass is 19.1. The number of carbonyl (C=O) groups excluding carboxylic acids is 1. The average molecular weight is 392 g/mol. The van der Waals surface area contributed by atoms with E-state index in [9.17, 15) is 9.18 Å². The highest BCUT2D eigenvalue weighted by Crippen LogP contribution is 2.21. The molecule has 0 saturated carbocycles. The van der Waals surface area contributed by atoms with Crippen molar-refractivity contribution in [2.24, 2.45) is 0 Å². The minimum atomic E-state index is -1.24. The number of hydrogen-bond acceptors (Lipinski definition) is 6. The van der Waals surface area contributed by atoms with Crippen molar-refractivity contribution < 1.29 is 13.9 Å². The zero-order chi connectivity index (χ0) is 20.5. The number of nitrogens with one attached hydrogen (secondary N) is 1. The van der Waals surface area contributed by atoms with Gasteiger partial charge in [0.25, 0.3) is 0 Å². The van der Waals surface area contributed by atoms with Crippen LogP contribution in [0.5, 0.6) is 0 Å². The molecule has 3 heterocycles. The predicted molar refractivity (Wildman–Crippen MR) is 104 cm³/mol. The fourth-order valence-corrected chi connectivity index (χ4v) is 3.13. The van der Waals surface area contributed by atoms with Crippen LogP contribution < -0.4 is 5.32 Å². The van der Waals surface area contributed by atoms with Gasteiger partial charge in [-0.15, -0.1) is 5.10 Å². The molecule has 3 rings (SSSR count). The molecule has 154 valence electrons. The first-order chi connectivity index (χ1) is 13.2. The molecule has 3 atom stereocenters. The van der Waals surface area contributed by atoms with Crippen molar-refractivity contribution in [3.05, 3.63) is 18.2 Å². The number of carbonyl (C=O) groups is 1. The van der Waals surface area contributed by atoms with Crippen LogP contribution in [0.4, 0.5) is 15.1 Å². The van der Waals surface area contributed by atoms with Gasteiger partial charge in [-0.1, -0.05) is 13.8 Å². The van der Waals surface area contributed by atoms with Crippen LogP contribution in [-0.4, -0.2) is 61.5 Å². The second-order valence-corrected chi connectivity index (χ2v) is 8.33. The van der Waals surface area contributed by atoms with Crippen LogP contribution in [0.25, 0.3) is 5.52 Å². The number of nitrogens with zero attached hydrogens (tertiary/aromatic N) is 5. The van der Waals surface area contributed by atoms with E-state index in [1.54, 1.807) is 37.7 Å². The van der Waals surface area contributed by atoms with Gasteiger partial charge in [0.05, 0.1) is 25.0 Å². The van der Waals surface area contributed by atoms with Crippen molar-refractivity contribution in [3.8, 4) is 0 Å². The van der Waals surface area contributed by atoms with E-state index in [-0.39, 0.29) is 12.5 Å². The summed E-state index contributed by atoms with van der Waals surface area (Å²) < 4.78 is 21.8. The molecule has 1 N–H and O–H groups in total. The van der Waals surface area contributed by atoms with Crippen molar-refractivity contribution in [1.29, 1.82) is 0 Å². The van der Waals surface area contributed by atoms with Gasteiger partial charge in [-0.05, 0) is 33.6 Å². The fourth-order valence-electron chi connectivity index (χ4n) is 3.13. The number of rotatable bonds is 4. The Hall–Kier alpha value is -2.45. The number of fused-ring (bicyclic) bond motifs is 1. The molecule has 0 spiro atoms. The first-order valence-electron chi connectivity index (χ1n) is 9.77. The summed E-state index contributed by atoms with van der Waals surface area (Å²) in [5.41, 5.74) is 0.205. The molecule has 0 radical (unpaired) electrons. The molecule has 1 aliphatic heterocycles. The van der Waals surface area contributed by atoms with Gasteiger partial charge >= 0.3 is 6.09 Å². The van der Waals surface area contributed by atoms with Gasteiger partial charge in [-0.25, -0.2) is 23.7 Å². The second-order valence-electron chi connectivity index (χ2n) is 8.33. The summed E-state index contributed by atoms with van der Waals surface area (Å²) in [6, 6.07) is -0.466. The molecule has 0 bridgehead atoms. The zero-order valence-electron chi connectivity index (χ0n) is 17.1. The third-order valence-electron chi connectivity index (χ3n) is 4.87. The van der Waals surface area contributed by atoms with E-state index in [1.807, 2.05) is 0 Å². The lowest BCUT2D eigenvalue weighted by Crippen LogP contribution is -2.51. The summed E-state index contributed by atoms with van der Waals surface area (Å²) in [5.74, 6) is 1.48. The maximum atomic E-state index is 14.7. The summed E-state index contributed by atoms with van der Waals surface area (Å²) in [6.45, 7) is 9.97. The predicted octanol–water partition coefficient (Wildman–Crippen LogP) is 3.40. The van der Waals surface area contributed by atoms with Gasteiger partial charge in [0.2, 0.25) is 5.95 Å². The highest BCUT2D eigenvalue weighted by molar-refractivity contribution is 5.68. The largest absolute Gasteiger partial charge is 0.444 e. The number of anilines is 1. The second kappa shape index (κ2) is 7.89. The topological polar surface area (TPSA) is 84.7 Å². The monoisotopic (exact) mass is 392 g/mol. The first-order valence-corrected chi connectivity index (χ1v) is 9.77. The molecule has 1 unspecified atom stereocenters. The first kappa shape index (κ1) is 20.3. The SMILES string of the molecule is CCC(C)c1ncc2cnc(N[C@@H]3CCN(C(=O)OC(C)(C)C)C[C@@H]3F)nn12. The molecule has 9 heteroatoms. The molecule has 1 fully saturated rings. The van der Waals surface area contributed by atoms with Gasteiger partial charge in [-0.3, -0.25) is 0 Å². The number of hydrogen-bond donors (Lipinski definition) is 1. The summed E-state index contributed by atoms with van der Waals surface area (Å²) in [4.78, 5) is 22.3. The molecule has 0 aliphatic carbocycles. The molecule has 2 aromatic heterocycles. The third-order valence-corrected chi connectivity index (χ3v) is 4.87. The van der Waals surface area contributed by atoms with Crippen molar-refractivity contribution in [3.63, 3.8) is 0 Å². The van der Waals surface area contributed by atoms with Crippen molar-refractivity contribution in [1.82, 2.24) is 24.5 Å². The summed E-state index contributed by atoms with van der Waals surface area (Å²) >= 11 is 0. The Labute approximate surface area is 164 Å². The van der Waals surface area contributed by atoms with Gasteiger partial charge in [-0.2, -0.15) is 0 Å². The smallest absolute Gasteiger partial charge is 0.410 e. The summed E-state index contributed by atoms with van der Waals surface area (Å²) in [5, 5.41) is 7.58. The lowest BCUT2D eigenvalue weighted by molar-refractivity contribution is 0.0125. The minimum Gasteiger partial charge on any atom is -0.444 e. The number of imidazole rings is 1. The number of alkyl halides is 1. The summed E-state index contributed by atoms with van der Waals surface area (Å²) in [7, 11) is 0. The van der Waals surface area contributed by atoms with Crippen molar-refractivity contribution >= 4 is 17.6 Å². The quantitative estimate of drug-likeness (QED) is 0.858. The summed E-state index contributed by atoms with van der Waals surface area (Å²) in [6.07, 6.45) is 3.09. The number of halogens is 1. The molecule has 28 heavy (non-hydrogen) atoms. The number of piperidine rings is 1. The van der Waals surface area contributed by atoms with Crippen LogP contribution in [0.3, 0.4) is 0 Å². The zero-order valence-corrected chi connectivity index (χ0v) is 17.1. The number of ether oxygens (including phenoxy) is 1. The number of likely N-dealkylation sites (tertiary alicyclic amines) is 1. The van der Waals surface area contributed by atoms with Gasteiger partial charge < -0.3 is 15.0 Å². The molecule has 1 saturated heterocycles. The Balaban J connectivity index is 1.67. The molecular formula is C19H29FN6O2. The minimum absolute atomic E-state index is 0.0159. The Morgan fingerprint density at radius 3 is 2.75 bits per heavy atom. The highest BCUT2D eigenvalue weighted by Gasteiger charge is 2.34. The van der Waals surface area contributed by atoms with Crippen LogP contribution in [0.2, 0.25) is 0 Å². The van der Waals surface area contributed by atoms with Crippen molar-refractivity contribution in [2.45, 2.75) is 71.2 Å². The number of aromatic nitrogens is 4. The fraction of sp³-hybridized carbons (Fsp3) is 0.684. The van der Waals surface area contributed by atoms with Crippen LogP contribution in [0.1, 0.15) is 59.2 Å². The van der Waals surface area contributed by atoms with E-state index in [2.05, 4.69) is 34.2 Å². The number of amides is 1. The van der Waals surface area contributed by atoms with Crippen LogP contribution in [0.15, 0.2) is 12.4 Å². The Kier molecular flexibility index (Phi) is 5.71. The molecule has 8 nitrogen and oxygen atoms in total. The standard InChI is InChI=1S/C19H29FN6O2/c1-6-12(2)16-21-9-13-10-22-17(24-26(13)16)23-15-7-8-25(11-14(15)20)18(27)28-19(3,4)5/h9-10,12,14-15H,6-8,11H2,1-5H3,(H,23,24)/t12?,14-,15+/m0/s1. The van der Waals surface area contributed by atoms with E-state index in [0.717, 1.165) is 17.8 Å². The molecule has 1 aliphatic rings. The van der Waals surface area contributed by atoms with E-state index < -0.39 is 23.9 Å². The normalized spacial score (nSPS) is 21.6. The molecule has 1 amide bonds. The van der Waals surface area contributed by atoms with Crippen LogP contribution >= 0.6 is 0 Å². The van der Waals surface area contributed by atoms with Crippen molar-refractivity contribution in [2.75, 3.05) is 18.4 Å². The Morgan fingerprint density at radius 1 is 1.39 bits per heavy atom. The average Bonchev–Trinajstić information content (AvgIpc) is 3.04. The maximum Gasteiger partial charge on any atom is 0.410 e. The molecule has 0 aromatic carbocycles. The van der Waals surface area contributed by atoms with E-state index in [1.165, 1.54) is 4.90 Å². The van der Waals surface area contributed by atoms with Gasteiger partial charge in [0, 0.05) is 12.5 Å². The lowest BCUT2D eigenvalue weighted by Gasteiger charge is -2.35.